The van der Waals surface area contributed by atoms with Crippen LogP contribution in [0.25, 0.3) is 0 Å². The summed E-state index contributed by atoms with van der Waals surface area (Å²) in [6, 6.07) is 13.1. The summed E-state index contributed by atoms with van der Waals surface area (Å²) in [5, 5.41) is 3.99. The summed E-state index contributed by atoms with van der Waals surface area (Å²) in [5.41, 5.74) is 4.44. The van der Waals surface area contributed by atoms with Crippen molar-refractivity contribution in [1.82, 2.24) is 5.43 Å². The van der Waals surface area contributed by atoms with E-state index in [4.69, 9.17) is 14.2 Å². The highest BCUT2D eigenvalue weighted by Gasteiger charge is 2.16. The summed E-state index contributed by atoms with van der Waals surface area (Å²) in [7, 11) is 3.15. The highest BCUT2D eigenvalue weighted by atomic mass is 16.5. The summed E-state index contributed by atoms with van der Waals surface area (Å²) in [6.07, 6.45) is 0.814. The van der Waals surface area contributed by atoms with Gasteiger partial charge in [-0.25, -0.2) is 5.43 Å². The Labute approximate surface area is 166 Å². The summed E-state index contributed by atoms with van der Waals surface area (Å²) < 4.78 is 16.2. The van der Waals surface area contributed by atoms with E-state index >= 15 is 0 Å². The molecule has 6 heteroatoms. The second kappa shape index (κ2) is 9.26. The molecule has 1 amide bonds. The molecular formula is C22H28N2O4. The second-order valence-electron chi connectivity index (χ2n) is 7.38. The largest absolute Gasteiger partial charge is 0.497 e. The van der Waals surface area contributed by atoms with Gasteiger partial charge in [0.2, 0.25) is 0 Å². The van der Waals surface area contributed by atoms with Gasteiger partial charge in [-0.15, -0.1) is 0 Å². The zero-order chi connectivity index (χ0) is 20.7. The van der Waals surface area contributed by atoms with E-state index in [1.165, 1.54) is 11.8 Å². The van der Waals surface area contributed by atoms with Gasteiger partial charge >= 0.3 is 0 Å². The van der Waals surface area contributed by atoms with Gasteiger partial charge in [0.05, 0.1) is 20.4 Å². The fraction of sp³-hybridized carbons (Fsp3) is 0.364. The number of hydrogen-bond donors (Lipinski definition) is 1. The summed E-state index contributed by atoms with van der Waals surface area (Å²) in [6.45, 7) is 8.12. The van der Waals surface area contributed by atoms with Gasteiger partial charge in [-0.2, -0.15) is 5.10 Å². The Morgan fingerprint density at radius 3 is 2.25 bits per heavy atom. The molecule has 2 aromatic rings. The van der Waals surface area contributed by atoms with E-state index in [0.717, 1.165) is 0 Å². The predicted octanol–water partition coefficient (Wildman–Crippen LogP) is 3.92. The minimum atomic E-state index is -0.690. The van der Waals surface area contributed by atoms with Crippen LogP contribution in [0, 0.1) is 0 Å². The smallest absolute Gasteiger partial charge is 0.280 e. The first-order valence-electron chi connectivity index (χ1n) is 9.06. The molecule has 0 bridgehead atoms. The van der Waals surface area contributed by atoms with Crippen LogP contribution in [0.4, 0.5) is 0 Å². The molecule has 0 aliphatic heterocycles. The van der Waals surface area contributed by atoms with Gasteiger partial charge in [0, 0.05) is 5.56 Å². The van der Waals surface area contributed by atoms with Crippen molar-refractivity contribution in [2.45, 2.75) is 39.2 Å². The zero-order valence-corrected chi connectivity index (χ0v) is 17.3. The number of nitrogens with zero attached hydrogens (tertiary/aromatic N) is 1. The maximum absolute atomic E-state index is 12.2. The standard InChI is InChI=1S/C22H28N2O4/c1-15(28-18-9-7-17(8-10-18)22(2,3)4)21(25)24-23-14-16-13-19(26-5)11-12-20(16)27-6/h7-15H,1-6H3,(H,24,25)/b23-14+. The molecule has 2 aromatic carbocycles. The Morgan fingerprint density at radius 2 is 1.68 bits per heavy atom. The van der Waals surface area contributed by atoms with Crippen LogP contribution < -0.4 is 19.6 Å². The van der Waals surface area contributed by atoms with E-state index in [1.54, 1.807) is 39.3 Å². The molecular weight excluding hydrogens is 356 g/mol. The van der Waals surface area contributed by atoms with Gasteiger partial charge in [-0.1, -0.05) is 32.9 Å². The lowest BCUT2D eigenvalue weighted by Gasteiger charge is -2.20. The molecule has 0 fully saturated rings. The first-order valence-corrected chi connectivity index (χ1v) is 9.06. The third-order valence-corrected chi connectivity index (χ3v) is 4.22. The van der Waals surface area contributed by atoms with E-state index in [-0.39, 0.29) is 11.3 Å². The van der Waals surface area contributed by atoms with Crippen LogP contribution in [-0.2, 0) is 10.2 Å². The average Bonchev–Trinajstić information content (AvgIpc) is 2.67. The van der Waals surface area contributed by atoms with Crippen LogP contribution in [0.5, 0.6) is 17.2 Å². The summed E-state index contributed by atoms with van der Waals surface area (Å²) in [5.74, 6) is 1.58. The van der Waals surface area contributed by atoms with E-state index in [0.29, 0.717) is 22.8 Å². The lowest BCUT2D eigenvalue weighted by Crippen LogP contribution is -2.33. The fourth-order valence-electron chi connectivity index (χ4n) is 2.49. The van der Waals surface area contributed by atoms with E-state index in [9.17, 15) is 4.79 Å². The van der Waals surface area contributed by atoms with Crippen molar-refractivity contribution in [2.24, 2.45) is 5.10 Å². The number of rotatable bonds is 7. The molecule has 1 atom stereocenters. The van der Waals surface area contributed by atoms with Gasteiger partial charge in [-0.3, -0.25) is 4.79 Å². The molecule has 1 unspecified atom stereocenters. The predicted molar refractivity (Wildman–Crippen MR) is 111 cm³/mol. The van der Waals surface area contributed by atoms with Crippen molar-refractivity contribution in [2.75, 3.05) is 14.2 Å². The van der Waals surface area contributed by atoms with Gasteiger partial charge in [0.1, 0.15) is 17.2 Å². The van der Waals surface area contributed by atoms with Crippen LogP contribution in [0.3, 0.4) is 0 Å². The Kier molecular flexibility index (Phi) is 7.04. The minimum absolute atomic E-state index is 0.0669. The maximum atomic E-state index is 12.2. The Morgan fingerprint density at radius 1 is 1.04 bits per heavy atom. The van der Waals surface area contributed by atoms with Crippen LogP contribution in [0.1, 0.15) is 38.8 Å². The Bertz CT molecular complexity index is 823. The summed E-state index contributed by atoms with van der Waals surface area (Å²) in [4.78, 5) is 12.2. The minimum Gasteiger partial charge on any atom is -0.497 e. The van der Waals surface area contributed by atoms with Crippen LogP contribution >= 0.6 is 0 Å². The molecule has 0 heterocycles. The quantitative estimate of drug-likeness (QED) is 0.580. The molecule has 0 radical (unpaired) electrons. The van der Waals surface area contributed by atoms with Crippen molar-refractivity contribution in [3.8, 4) is 17.2 Å². The normalized spacial score (nSPS) is 12.5. The topological polar surface area (TPSA) is 69.2 Å². The molecule has 0 aliphatic carbocycles. The van der Waals surface area contributed by atoms with E-state index in [1.807, 2.05) is 24.3 Å². The number of carbonyl (C=O) groups is 1. The number of nitrogens with one attached hydrogen (secondary N) is 1. The Balaban J connectivity index is 1.96. The molecule has 0 aromatic heterocycles. The van der Waals surface area contributed by atoms with Gasteiger partial charge in [0.15, 0.2) is 6.10 Å². The van der Waals surface area contributed by atoms with E-state index < -0.39 is 6.10 Å². The molecule has 1 N–H and O–H groups in total. The molecule has 0 aliphatic rings. The van der Waals surface area contributed by atoms with Gasteiger partial charge < -0.3 is 14.2 Å². The number of hydrazone groups is 1. The number of carbonyl (C=O) groups excluding carboxylic acids is 1. The second-order valence-corrected chi connectivity index (χ2v) is 7.38. The van der Waals surface area contributed by atoms with E-state index in [2.05, 4.69) is 31.3 Å². The van der Waals surface area contributed by atoms with Crippen LogP contribution in [0.15, 0.2) is 47.6 Å². The molecule has 0 spiro atoms. The molecule has 28 heavy (non-hydrogen) atoms. The molecule has 150 valence electrons. The summed E-state index contributed by atoms with van der Waals surface area (Å²) >= 11 is 0. The number of hydrogen-bond acceptors (Lipinski definition) is 5. The SMILES string of the molecule is COc1ccc(OC)c(/C=N/NC(=O)C(C)Oc2ccc(C(C)(C)C)cc2)c1. The third-order valence-electron chi connectivity index (χ3n) is 4.22. The monoisotopic (exact) mass is 384 g/mol. The molecule has 0 saturated carbocycles. The highest BCUT2D eigenvalue weighted by molar-refractivity contribution is 5.86. The van der Waals surface area contributed by atoms with Crippen molar-refractivity contribution in [3.63, 3.8) is 0 Å². The highest BCUT2D eigenvalue weighted by Crippen LogP contribution is 2.25. The molecule has 0 saturated heterocycles. The Hall–Kier alpha value is -3.02. The number of amides is 1. The lowest BCUT2D eigenvalue weighted by molar-refractivity contribution is -0.127. The first-order chi connectivity index (χ1) is 13.2. The first kappa shape index (κ1) is 21.3. The van der Waals surface area contributed by atoms with Crippen LogP contribution in [0.2, 0.25) is 0 Å². The number of benzene rings is 2. The van der Waals surface area contributed by atoms with Crippen molar-refractivity contribution in [1.29, 1.82) is 0 Å². The third kappa shape index (κ3) is 5.74. The van der Waals surface area contributed by atoms with Gasteiger partial charge in [0.25, 0.3) is 5.91 Å². The number of ether oxygens (including phenoxy) is 3. The maximum Gasteiger partial charge on any atom is 0.280 e. The number of methoxy groups -OCH3 is 2. The average molecular weight is 384 g/mol. The molecule has 2 rings (SSSR count). The van der Waals surface area contributed by atoms with Crippen molar-refractivity contribution >= 4 is 12.1 Å². The van der Waals surface area contributed by atoms with Crippen molar-refractivity contribution < 1.29 is 19.0 Å². The van der Waals surface area contributed by atoms with Gasteiger partial charge in [-0.05, 0) is 48.2 Å². The zero-order valence-electron chi connectivity index (χ0n) is 17.3. The lowest BCUT2D eigenvalue weighted by atomic mass is 9.87. The van der Waals surface area contributed by atoms with Crippen LogP contribution in [-0.4, -0.2) is 32.4 Å². The van der Waals surface area contributed by atoms with Crippen molar-refractivity contribution in [3.05, 3.63) is 53.6 Å². The fourth-order valence-corrected chi connectivity index (χ4v) is 2.49. The molecule has 6 nitrogen and oxygen atoms in total.